The van der Waals surface area contributed by atoms with Gasteiger partial charge >= 0.3 is 15.6 Å². The van der Waals surface area contributed by atoms with E-state index < -0.39 is 83.8 Å². The molecule has 5 rings (SSSR count). The molecule has 258 valence electrons. The van der Waals surface area contributed by atoms with E-state index in [4.69, 9.17) is 30.0 Å². The van der Waals surface area contributed by atoms with Crippen molar-refractivity contribution in [3.63, 3.8) is 0 Å². The number of carbonyl (C=O) groups excluding carboxylic acids is 1. The molecular weight excluding hydrogens is 674 g/mol. The Balaban J connectivity index is 1.19. The summed E-state index contributed by atoms with van der Waals surface area (Å²) in [6, 6.07) is 2.84. The Morgan fingerprint density at radius 2 is 1.64 bits per heavy atom. The molecule has 0 bridgehead atoms. The number of nitrogen functional groups attached to an aromatic ring is 1. The van der Waals surface area contributed by atoms with Crippen LogP contribution in [0.4, 0.5) is 11.8 Å². The summed E-state index contributed by atoms with van der Waals surface area (Å²) in [6.07, 6.45) is -8.25. The molecule has 0 aliphatic carbocycles. The fraction of sp³-hybridized carbons (Fsp3) is 0.522. The molecule has 2 aliphatic heterocycles. The highest BCUT2D eigenvalue weighted by Crippen LogP contribution is 2.60. The Bertz CT molecular complexity index is 1730. The molecule has 2 saturated heterocycles. The molecule has 47 heavy (non-hydrogen) atoms. The number of hydrogen-bond donors (Lipinski definition) is 8. The van der Waals surface area contributed by atoms with Gasteiger partial charge in [-0.2, -0.15) is 8.88 Å². The zero-order valence-corrected chi connectivity index (χ0v) is 26.4. The lowest BCUT2D eigenvalue weighted by Crippen LogP contribution is -2.46. The van der Waals surface area contributed by atoms with Crippen LogP contribution in [0.15, 0.2) is 30.9 Å². The van der Waals surface area contributed by atoms with Crippen LogP contribution in [0.5, 0.6) is 0 Å². The standard InChI is InChI=1S/C23H32N8O14P2/c1-29(2)23-28-13-18(24)26-9-27-20(13)31(23)22-17(35)15(33)12(44-22)8-42-47(39,40)45-46(37,38)41-7-11-14(32)16(34)21(43-11)30-5-3-4-10(6-30)19(25)36/h3-6,9,11-12,14-17,21-22,32-35H,7-8H2,1-2H3,(H5-,24,25,26,27,36,37,38,39,40)/p+1/t11-,12-,14-,15-,16-,17-,21-,22-/m1/s1. The third kappa shape index (κ3) is 7.29. The van der Waals surface area contributed by atoms with Crippen molar-refractivity contribution in [2.24, 2.45) is 5.73 Å². The van der Waals surface area contributed by atoms with Crippen LogP contribution in [0.1, 0.15) is 22.8 Å². The predicted molar refractivity (Wildman–Crippen MR) is 154 cm³/mol. The number of rotatable bonds is 12. The van der Waals surface area contributed by atoms with Gasteiger partial charge in [-0.25, -0.2) is 24.1 Å². The Morgan fingerprint density at radius 3 is 2.26 bits per heavy atom. The number of amides is 1. The third-order valence-electron chi connectivity index (χ3n) is 7.23. The number of aliphatic hydroxyl groups is 4. The van der Waals surface area contributed by atoms with Crippen molar-refractivity contribution in [2.45, 2.75) is 49.1 Å². The summed E-state index contributed by atoms with van der Waals surface area (Å²) in [7, 11) is -7.52. The van der Waals surface area contributed by atoms with E-state index in [1.54, 1.807) is 19.0 Å². The van der Waals surface area contributed by atoms with E-state index in [2.05, 4.69) is 19.3 Å². The number of fused-ring (bicyclic) bond motifs is 1. The third-order valence-corrected chi connectivity index (χ3v) is 9.83. The van der Waals surface area contributed by atoms with E-state index in [1.807, 2.05) is 0 Å². The molecule has 2 aliphatic rings. The number of ether oxygens (including phenoxy) is 2. The molecule has 2 unspecified atom stereocenters. The number of primary amides is 1. The number of hydrogen-bond acceptors (Lipinski definition) is 17. The van der Waals surface area contributed by atoms with Crippen molar-refractivity contribution in [1.82, 2.24) is 19.5 Å². The van der Waals surface area contributed by atoms with Gasteiger partial charge in [0.1, 0.15) is 42.4 Å². The summed E-state index contributed by atoms with van der Waals surface area (Å²) < 4.78 is 52.7. The van der Waals surface area contributed by atoms with E-state index in [9.17, 15) is 44.1 Å². The minimum absolute atomic E-state index is 0.0395. The predicted octanol–water partition coefficient (Wildman–Crippen LogP) is -2.95. The number of phosphoric ester groups is 2. The van der Waals surface area contributed by atoms with Crippen LogP contribution >= 0.6 is 15.6 Å². The highest BCUT2D eigenvalue weighted by atomic mass is 31.3. The van der Waals surface area contributed by atoms with Gasteiger partial charge in [0.15, 0.2) is 41.7 Å². The topological polar surface area (TPSA) is 322 Å². The number of carbonyl (C=O) groups is 1. The first-order chi connectivity index (χ1) is 22.0. The van der Waals surface area contributed by atoms with Crippen molar-refractivity contribution in [3.05, 3.63) is 36.4 Å². The summed E-state index contributed by atoms with van der Waals surface area (Å²) in [5, 5.41) is 42.2. The molecular formula is C23H33N8O14P2+. The largest absolute Gasteiger partial charge is 0.481 e. The Morgan fingerprint density at radius 1 is 1.02 bits per heavy atom. The minimum Gasteiger partial charge on any atom is -0.387 e. The van der Waals surface area contributed by atoms with Crippen LogP contribution in [0.3, 0.4) is 0 Å². The maximum atomic E-state index is 12.6. The van der Waals surface area contributed by atoms with E-state index in [1.165, 1.54) is 33.7 Å². The molecule has 0 saturated carbocycles. The van der Waals surface area contributed by atoms with E-state index >= 15 is 0 Å². The van der Waals surface area contributed by atoms with E-state index in [0.29, 0.717) is 0 Å². The van der Waals surface area contributed by atoms with Crippen LogP contribution in [0.25, 0.3) is 11.2 Å². The zero-order chi connectivity index (χ0) is 34.4. The van der Waals surface area contributed by atoms with Crippen molar-refractivity contribution in [1.29, 1.82) is 0 Å². The maximum absolute atomic E-state index is 12.6. The van der Waals surface area contributed by atoms with Crippen LogP contribution in [-0.2, 0) is 32.0 Å². The number of aliphatic hydroxyl groups excluding tert-OH is 4. The molecule has 1 amide bonds. The second-order valence-corrected chi connectivity index (χ2v) is 13.8. The van der Waals surface area contributed by atoms with Gasteiger partial charge in [-0.1, -0.05) is 0 Å². The summed E-state index contributed by atoms with van der Waals surface area (Å²) >= 11 is 0. The van der Waals surface area contributed by atoms with Crippen LogP contribution < -0.4 is 20.9 Å². The second-order valence-electron chi connectivity index (χ2n) is 10.7. The van der Waals surface area contributed by atoms with Gasteiger partial charge in [-0.15, -0.1) is 0 Å². The minimum atomic E-state index is -5.40. The highest BCUT2D eigenvalue weighted by molar-refractivity contribution is 7.61. The number of pyridine rings is 1. The first-order valence-corrected chi connectivity index (χ1v) is 16.6. The highest BCUT2D eigenvalue weighted by Gasteiger charge is 2.50. The normalized spacial score (nSPS) is 30.3. The van der Waals surface area contributed by atoms with Gasteiger partial charge in [0.2, 0.25) is 5.95 Å². The molecule has 10 atom stereocenters. The summed E-state index contributed by atoms with van der Waals surface area (Å²) in [4.78, 5) is 45.6. The van der Waals surface area contributed by atoms with Crippen LogP contribution in [-0.4, -0.2) is 120 Å². The van der Waals surface area contributed by atoms with Crippen molar-refractivity contribution < 1.29 is 71.5 Å². The lowest BCUT2D eigenvalue weighted by atomic mass is 10.1. The summed E-state index contributed by atoms with van der Waals surface area (Å²) in [5.74, 6) is -0.512. The lowest BCUT2D eigenvalue weighted by molar-refractivity contribution is -0.765. The Kier molecular flexibility index (Phi) is 9.98. The Hall–Kier alpha value is -3.21. The molecule has 22 nitrogen and oxygen atoms in total. The van der Waals surface area contributed by atoms with Crippen LogP contribution in [0.2, 0.25) is 0 Å². The van der Waals surface area contributed by atoms with Crippen molar-refractivity contribution >= 4 is 44.5 Å². The fourth-order valence-corrected chi connectivity index (χ4v) is 7.06. The number of anilines is 2. The van der Waals surface area contributed by atoms with Crippen LogP contribution in [0, 0.1) is 0 Å². The maximum Gasteiger partial charge on any atom is 0.481 e. The second kappa shape index (κ2) is 13.4. The van der Waals surface area contributed by atoms with E-state index in [0.717, 1.165) is 6.33 Å². The van der Waals surface area contributed by atoms with Gasteiger partial charge < -0.3 is 56.1 Å². The molecule has 24 heteroatoms. The van der Waals surface area contributed by atoms with Gasteiger partial charge in [0.05, 0.1) is 13.2 Å². The SMILES string of the molecule is CN(C)c1nc2c(N)ncnc2n1[C@@H]1O[C@H](COP(=O)(O)OP(=O)(O)OC[C@H]2O[C@@H]([n+]3cccc(C(N)=O)c3)[C@H](O)[C@@H]2O)[C@@H](O)[C@H]1O. The van der Waals surface area contributed by atoms with Crippen molar-refractivity contribution in [2.75, 3.05) is 37.9 Å². The fourth-order valence-electron chi connectivity index (χ4n) is 4.97. The smallest absolute Gasteiger partial charge is 0.387 e. The summed E-state index contributed by atoms with van der Waals surface area (Å²) in [5.41, 5.74) is 11.6. The van der Waals surface area contributed by atoms with Gasteiger partial charge in [0.25, 0.3) is 12.1 Å². The number of imidazole rings is 1. The molecule has 3 aromatic heterocycles. The van der Waals surface area contributed by atoms with Gasteiger partial charge in [-0.3, -0.25) is 18.4 Å². The lowest BCUT2D eigenvalue weighted by Gasteiger charge is -2.22. The zero-order valence-electron chi connectivity index (χ0n) is 24.6. The van der Waals surface area contributed by atoms with E-state index in [-0.39, 0.29) is 28.5 Å². The number of phosphoric acid groups is 2. The molecule has 0 radical (unpaired) electrons. The number of aromatic nitrogens is 5. The molecule has 3 aromatic rings. The first kappa shape index (κ1) is 35.1. The van der Waals surface area contributed by atoms with Crippen molar-refractivity contribution in [3.8, 4) is 0 Å². The first-order valence-electron chi connectivity index (χ1n) is 13.6. The molecule has 0 spiro atoms. The molecule has 5 heterocycles. The number of nitrogens with zero attached hydrogens (tertiary/aromatic N) is 6. The molecule has 2 fully saturated rings. The average molecular weight is 708 g/mol. The summed E-state index contributed by atoms with van der Waals surface area (Å²) in [6.45, 7) is -1.82. The van der Waals surface area contributed by atoms with Gasteiger partial charge in [-0.05, 0) is 6.07 Å². The molecule has 0 aromatic carbocycles. The molecule has 10 N–H and O–H groups in total. The monoisotopic (exact) mass is 707 g/mol. The Labute approximate surface area is 264 Å². The number of nitrogens with two attached hydrogens (primary N) is 2. The average Bonchev–Trinajstić information content (AvgIpc) is 3.62. The van der Waals surface area contributed by atoms with Gasteiger partial charge in [0, 0.05) is 20.2 Å². The quantitative estimate of drug-likeness (QED) is 0.0689.